The van der Waals surface area contributed by atoms with Gasteiger partial charge in [-0.15, -0.1) is 0 Å². The minimum absolute atomic E-state index is 0.291. The van der Waals surface area contributed by atoms with E-state index in [1.807, 2.05) is 43.3 Å². The maximum atomic E-state index is 13.1. The maximum absolute atomic E-state index is 13.1. The van der Waals surface area contributed by atoms with Gasteiger partial charge in [0.05, 0.1) is 25.0 Å². The average molecular weight is 391 g/mol. The van der Waals surface area contributed by atoms with Crippen molar-refractivity contribution in [1.82, 2.24) is 15.1 Å². The Hall–Kier alpha value is -3.74. The maximum Gasteiger partial charge on any atom is 0.258 e. The van der Waals surface area contributed by atoms with Gasteiger partial charge in [0.1, 0.15) is 11.6 Å². The van der Waals surface area contributed by atoms with Crippen LogP contribution < -0.4 is 9.47 Å². The van der Waals surface area contributed by atoms with E-state index in [9.17, 15) is 4.39 Å². The number of benzene rings is 2. The molecule has 0 amide bonds. The fraction of sp³-hybridized carbons (Fsp3) is 0.136. The molecule has 2 aromatic heterocycles. The van der Waals surface area contributed by atoms with E-state index >= 15 is 0 Å². The molecule has 0 spiro atoms. The summed E-state index contributed by atoms with van der Waals surface area (Å²) in [7, 11) is 1.62. The molecule has 0 atom stereocenters. The number of rotatable bonds is 6. The fourth-order valence-corrected chi connectivity index (χ4v) is 2.84. The monoisotopic (exact) mass is 391 g/mol. The first kappa shape index (κ1) is 18.6. The number of halogens is 1. The van der Waals surface area contributed by atoms with E-state index < -0.39 is 0 Å². The molecule has 7 heteroatoms. The van der Waals surface area contributed by atoms with Crippen LogP contribution in [0.1, 0.15) is 6.92 Å². The van der Waals surface area contributed by atoms with Crippen LogP contribution in [0.15, 0.2) is 65.2 Å². The Kier molecular flexibility index (Phi) is 5.20. The first-order chi connectivity index (χ1) is 14.2. The van der Waals surface area contributed by atoms with Crippen LogP contribution in [0.4, 0.5) is 4.39 Å². The standard InChI is InChI=1S/C22H18FN3O3/c1-3-28-22-18(11-12-19(24-22)15-5-4-6-17(13-15)27-2)20-25-21(29-26-20)14-7-9-16(23)10-8-14/h4-13H,3H2,1-2H3. The third-order valence-corrected chi connectivity index (χ3v) is 4.26. The lowest BCUT2D eigenvalue weighted by molar-refractivity contribution is 0.328. The Balaban J connectivity index is 1.71. The predicted molar refractivity (Wildman–Crippen MR) is 106 cm³/mol. The molecule has 0 aliphatic heterocycles. The Morgan fingerprint density at radius 3 is 2.55 bits per heavy atom. The van der Waals surface area contributed by atoms with Gasteiger partial charge >= 0.3 is 0 Å². The second-order valence-electron chi connectivity index (χ2n) is 6.14. The summed E-state index contributed by atoms with van der Waals surface area (Å²) in [5.41, 5.74) is 2.87. The van der Waals surface area contributed by atoms with Gasteiger partial charge in [0.25, 0.3) is 5.89 Å². The summed E-state index contributed by atoms with van der Waals surface area (Å²) < 4.78 is 29.5. The second kappa shape index (κ2) is 8.10. The van der Waals surface area contributed by atoms with Gasteiger partial charge < -0.3 is 14.0 Å². The molecular weight excluding hydrogens is 373 g/mol. The zero-order valence-corrected chi connectivity index (χ0v) is 15.9. The van der Waals surface area contributed by atoms with Crippen molar-refractivity contribution in [2.45, 2.75) is 6.92 Å². The van der Waals surface area contributed by atoms with Gasteiger partial charge in [-0.3, -0.25) is 0 Å². The van der Waals surface area contributed by atoms with Crippen LogP contribution in [0.25, 0.3) is 34.1 Å². The molecule has 0 unspecified atom stereocenters. The Morgan fingerprint density at radius 2 is 1.79 bits per heavy atom. The van der Waals surface area contributed by atoms with E-state index in [4.69, 9.17) is 14.0 Å². The van der Waals surface area contributed by atoms with Crippen LogP contribution >= 0.6 is 0 Å². The lowest BCUT2D eigenvalue weighted by atomic mass is 10.1. The van der Waals surface area contributed by atoms with E-state index in [1.54, 1.807) is 19.2 Å². The van der Waals surface area contributed by atoms with Crippen LogP contribution in [0.2, 0.25) is 0 Å². The number of nitrogens with zero attached hydrogens (tertiary/aromatic N) is 3. The van der Waals surface area contributed by atoms with Crippen LogP contribution in [0.5, 0.6) is 11.6 Å². The number of pyridine rings is 1. The van der Waals surface area contributed by atoms with E-state index in [0.29, 0.717) is 35.3 Å². The summed E-state index contributed by atoms with van der Waals surface area (Å²) in [6.07, 6.45) is 0. The number of hydrogen-bond acceptors (Lipinski definition) is 6. The van der Waals surface area contributed by atoms with Crippen molar-refractivity contribution in [2.75, 3.05) is 13.7 Å². The van der Waals surface area contributed by atoms with Gasteiger partial charge in [-0.05, 0) is 55.5 Å². The minimum atomic E-state index is -0.329. The van der Waals surface area contributed by atoms with Crippen molar-refractivity contribution in [1.29, 1.82) is 0 Å². The molecule has 4 aromatic rings. The normalized spacial score (nSPS) is 10.7. The summed E-state index contributed by atoms with van der Waals surface area (Å²) in [5.74, 6) is 1.45. The van der Waals surface area contributed by atoms with E-state index in [-0.39, 0.29) is 5.82 Å². The van der Waals surface area contributed by atoms with Gasteiger partial charge in [-0.1, -0.05) is 17.3 Å². The van der Waals surface area contributed by atoms with Gasteiger partial charge in [0.15, 0.2) is 0 Å². The van der Waals surface area contributed by atoms with Crippen molar-refractivity contribution in [3.63, 3.8) is 0 Å². The summed E-state index contributed by atoms with van der Waals surface area (Å²) in [4.78, 5) is 9.04. The quantitative estimate of drug-likeness (QED) is 0.460. The predicted octanol–water partition coefficient (Wildman–Crippen LogP) is 5.01. The minimum Gasteiger partial charge on any atom is -0.497 e. The zero-order chi connectivity index (χ0) is 20.2. The number of aromatic nitrogens is 3. The van der Waals surface area contributed by atoms with Crippen LogP contribution in [-0.2, 0) is 0 Å². The Morgan fingerprint density at radius 1 is 0.966 bits per heavy atom. The molecular formula is C22H18FN3O3. The molecule has 0 saturated carbocycles. The average Bonchev–Trinajstić information content (AvgIpc) is 3.24. The molecule has 4 rings (SSSR count). The number of hydrogen-bond donors (Lipinski definition) is 0. The molecule has 2 heterocycles. The number of methoxy groups -OCH3 is 1. The highest BCUT2D eigenvalue weighted by Gasteiger charge is 2.17. The largest absolute Gasteiger partial charge is 0.497 e. The van der Waals surface area contributed by atoms with Crippen LogP contribution in [0.3, 0.4) is 0 Å². The topological polar surface area (TPSA) is 70.3 Å². The Bertz CT molecular complexity index is 1130. The summed E-state index contributed by atoms with van der Waals surface area (Å²) in [6.45, 7) is 2.31. The van der Waals surface area contributed by atoms with Crippen LogP contribution in [-0.4, -0.2) is 28.8 Å². The van der Waals surface area contributed by atoms with Gasteiger partial charge in [0.2, 0.25) is 11.7 Å². The van der Waals surface area contributed by atoms with Crippen molar-refractivity contribution >= 4 is 0 Å². The highest BCUT2D eigenvalue weighted by atomic mass is 19.1. The van der Waals surface area contributed by atoms with Crippen LogP contribution in [0, 0.1) is 5.82 Å². The molecule has 0 fully saturated rings. The van der Waals surface area contributed by atoms with Crippen molar-refractivity contribution in [3.05, 3.63) is 66.5 Å². The zero-order valence-electron chi connectivity index (χ0n) is 15.9. The summed E-state index contributed by atoms with van der Waals surface area (Å²) in [6, 6.07) is 17.2. The Labute approximate surface area is 166 Å². The molecule has 146 valence electrons. The third kappa shape index (κ3) is 3.94. The van der Waals surface area contributed by atoms with E-state index in [1.165, 1.54) is 12.1 Å². The molecule has 0 bridgehead atoms. The summed E-state index contributed by atoms with van der Waals surface area (Å²) >= 11 is 0. The molecule has 0 saturated heterocycles. The second-order valence-corrected chi connectivity index (χ2v) is 6.14. The third-order valence-electron chi connectivity index (χ3n) is 4.26. The molecule has 6 nitrogen and oxygen atoms in total. The summed E-state index contributed by atoms with van der Waals surface area (Å²) in [5, 5.41) is 4.04. The van der Waals surface area contributed by atoms with Crippen molar-refractivity contribution in [3.8, 4) is 45.7 Å². The SMILES string of the molecule is CCOc1nc(-c2cccc(OC)c2)ccc1-c1noc(-c2ccc(F)cc2)n1. The van der Waals surface area contributed by atoms with Crippen molar-refractivity contribution in [2.24, 2.45) is 0 Å². The molecule has 0 aliphatic rings. The first-order valence-electron chi connectivity index (χ1n) is 9.06. The highest BCUT2D eigenvalue weighted by Crippen LogP contribution is 2.32. The molecule has 0 radical (unpaired) electrons. The lowest BCUT2D eigenvalue weighted by Gasteiger charge is -2.09. The van der Waals surface area contributed by atoms with Crippen molar-refractivity contribution < 1.29 is 18.4 Å². The lowest BCUT2D eigenvalue weighted by Crippen LogP contribution is -1.99. The number of ether oxygens (including phenoxy) is 2. The molecule has 29 heavy (non-hydrogen) atoms. The molecule has 2 aromatic carbocycles. The van der Waals surface area contributed by atoms with Gasteiger partial charge in [0, 0.05) is 11.1 Å². The molecule has 0 aliphatic carbocycles. The van der Waals surface area contributed by atoms with E-state index in [0.717, 1.165) is 17.0 Å². The first-order valence-corrected chi connectivity index (χ1v) is 9.06. The smallest absolute Gasteiger partial charge is 0.258 e. The van der Waals surface area contributed by atoms with E-state index in [2.05, 4.69) is 15.1 Å². The fourth-order valence-electron chi connectivity index (χ4n) is 2.84. The molecule has 0 N–H and O–H groups in total. The van der Waals surface area contributed by atoms with Gasteiger partial charge in [-0.2, -0.15) is 4.98 Å². The van der Waals surface area contributed by atoms with Gasteiger partial charge in [-0.25, -0.2) is 9.37 Å². The highest BCUT2D eigenvalue weighted by molar-refractivity contribution is 5.69.